The van der Waals surface area contributed by atoms with Crippen LogP contribution in [0.25, 0.3) is 0 Å². The fraction of sp³-hybridized carbons (Fsp3) is 0.250. The quantitative estimate of drug-likeness (QED) is 0.459. The normalized spacial score (nSPS) is 17.2. The van der Waals surface area contributed by atoms with Gasteiger partial charge in [-0.05, 0) is 19.1 Å². The maximum absolute atomic E-state index is 12.2. The van der Waals surface area contributed by atoms with Crippen LogP contribution in [0.2, 0.25) is 0 Å². The lowest BCUT2D eigenvalue weighted by Gasteiger charge is -2.18. The van der Waals surface area contributed by atoms with Crippen LogP contribution in [0.4, 0.5) is 16.2 Å². The van der Waals surface area contributed by atoms with E-state index in [2.05, 4.69) is 20.1 Å². The molecule has 0 bridgehead atoms. The Bertz CT molecular complexity index is 758. The number of ether oxygens (including phenoxy) is 2. The van der Waals surface area contributed by atoms with Gasteiger partial charge in [-0.25, -0.2) is 19.3 Å². The van der Waals surface area contributed by atoms with Gasteiger partial charge in [0, 0.05) is 0 Å². The summed E-state index contributed by atoms with van der Waals surface area (Å²) in [6, 6.07) is 5.11. The van der Waals surface area contributed by atoms with Gasteiger partial charge in [0.05, 0.1) is 31.7 Å². The van der Waals surface area contributed by atoms with Crippen molar-refractivity contribution in [2.45, 2.75) is 13.0 Å². The summed E-state index contributed by atoms with van der Waals surface area (Å²) < 4.78 is 9.12. The number of amides is 3. The molecule has 1 atom stereocenters. The zero-order valence-electron chi connectivity index (χ0n) is 13.9. The van der Waals surface area contributed by atoms with E-state index in [0.29, 0.717) is 0 Å². The second-order valence-corrected chi connectivity index (χ2v) is 5.06. The number of carbonyl (C=O) groups excluding carboxylic acids is 4. The van der Waals surface area contributed by atoms with E-state index in [4.69, 9.17) is 0 Å². The Kier molecular flexibility index (Phi) is 5.38. The van der Waals surface area contributed by atoms with Gasteiger partial charge in [0.2, 0.25) is 0 Å². The molecule has 0 aliphatic carbocycles. The van der Waals surface area contributed by atoms with Crippen molar-refractivity contribution in [2.75, 3.05) is 24.4 Å². The molecular formula is C16H17N3O6. The van der Waals surface area contributed by atoms with Crippen molar-refractivity contribution >= 4 is 35.3 Å². The van der Waals surface area contributed by atoms with Crippen LogP contribution in [0.3, 0.4) is 0 Å². The minimum absolute atomic E-state index is 0.207. The van der Waals surface area contributed by atoms with E-state index < -0.39 is 29.9 Å². The highest BCUT2D eigenvalue weighted by molar-refractivity contribution is 6.22. The van der Waals surface area contributed by atoms with Gasteiger partial charge in [0.25, 0.3) is 5.91 Å². The van der Waals surface area contributed by atoms with Gasteiger partial charge < -0.3 is 20.1 Å². The average molecular weight is 347 g/mol. The summed E-state index contributed by atoms with van der Waals surface area (Å²) in [4.78, 5) is 48.5. The molecule has 0 saturated carbocycles. The number of nitrogens with zero attached hydrogens (tertiary/aromatic N) is 1. The van der Waals surface area contributed by atoms with Gasteiger partial charge in [0.1, 0.15) is 11.7 Å². The molecule has 132 valence electrons. The maximum atomic E-state index is 12.2. The smallest absolute Gasteiger partial charge is 0.354 e. The predicted molar refractivity (Wildman–Crippen MR) is 87.7 cm³/mol. The number of nitrogens with one attached hydrogen (secondary N) is 2. The zero-order chi connectivity index (χ0) is 18.6. The number of para-hydroxylation sites is 2. The first-order chi connectivity index (χ1) is 11.9. The van der Waals surface area contributed by atoms with Crippen LogP contribution < -0.4 is 15.5 Å². The molecule has 1 heterocycles. The number of benzene rings is 1. The minimum atomic E-state index is -0.814. The van der Waals surface area contributed by atoms with E-state index in [1.807, 2.05) is 0 Å². The third kappa shape index (κ3) is 3.77. The van der Waals surface area contributed by atoms with Crippen molar-refractivity contribution in [1.82, 2.24) is 5.32 Å². The van der Waals surface area contributed by atoms with Crippen LogP contribution in [0.15, 0.2) is 36.0 Å². The molecule has 1 aromatic carbocycles. The average Bonchev–Trinajstić information content (AvgIpc) is 2.86. The molecule has 1 aromatic rings. The van der Waals surface area contributed by atoms with Gasteiger partial charge in [0.15, 0.2) is 0 Å². The number of anilines is 2. The lowest BCUT2D eigenvalue weighted by molar-refractivity contribution is -0.138. The topological polar surface area (TPSA) is 114 Å². The van der Waals surface area contributed by atoms with E-state index in [0.717, 1.165) is 25.2 Å². The molecule has 9 nitrogen and oxygen atoms in total. The number of hydrogen-bond donors (Lipinski definition) is 2. The summed E-state index contributed by atoms with van der Waals surface area (Å²) in [5, 5.41) is 5.21. The van der Waals surface area contributed by atoms with Crippen LogP contribution >= 0.6 is 0 Å². The second-order valence-electron chi connectivity index (χ2n) is 5.06. The lowest BCUT2D eigenvalue weighted by atomic mass is 10.2. The molecule has 0 spiro atoms. The second kappa shape index (κ2) is 7.47. The van der Waals surface area contributed by atoms with Gasteiger partial charge in [-0.2, -0.15) is 0 Å². The number of hydrogen-bond acceptors (Lipinski definition) is 7. The van der Waals surface area contributed by atoms with Gasteiger partial charge >= 0.3 is 18.0 Å². The predicted octanol–water partition coefficient (Wildman–Crippen LogP) is 0.773. The molecule has 0 radical (unpaired) electrons. The standard InChI is InChI=1S/C16H17N3O6/c1-9-14(21)19(16(23)17-9)12-7-5-4-6-10(12)18-11(15(22)25-3)8-13(20)24-2/h4-9,18H,1-3H3,(H,17,23)/b11-8+. The molecule has 1 unspecified atom stereocenters. The Hall–Kier alpha value is -3.36. The number of esters is 2. The largest absolute Gasteiger partial charge is 0.466 e. The Labute approximate surface area is 143 Å². The highest BCUT2D eigenvalue weighted by Crippen LogP contribution is 2.29. The number of urea groups is 1. The van der Waals surface area contributed by atoms with Crippen molar-refractivity contribution in [2.24, 2.45) is 0 Å². The van der Waals surface area contributed by atoms with Gasteiger partial charge in [-0.1, -0.05) is 12.1 Å². The van der Waals surface area contributed by atoms with Crippen LogP contribution in [0.5, 0.6) is 0 Å². The first-order valence-corrected chi connectivity index (χ1v) is 7.27. The monoisotopic (exact) mass is 347 g/mol. The Morgan fingerprint density at radius 2 is 1.88 bits per heavy atom. The Morgan fingerprint density at radius 3 is 2.44 bits per heavy atom. The number of methoxy groups -OCH3 is 2. The van der Waals surface area contributed by atoms with E-state index in [1.54, 1.807) is 25.1 Å². The molecule has 1 saturated heterocycles. The summed E-state index contributed by atoms with van der Waals surface area (Å²) in [6.07, 6.45) is 0.914. The summed E-state index contributed by atoms with van der Waals surface area (Å²) in [5.41, 5.74) is 0.288. The number of carbonyl (C=O) groups is 4. The number of rotatable bonds is 5. The third-order valence-corrected chi connectivity index (χ3v) is 3.42. The first kappa shape index (κ1) is 18.0. The molecule has 3 amide bonds. The van der Waals surface area contributed by atoms with E-state index >= 15 is 0 Å². The van der Waals surface area contributed by atoms with Crippen molar-refractivity contribution in [3.8, 4) is 0 Å². The summed E-state index contributed by atoms with van der Waals surface area (Å²) in [5.74, 6) is -2.02. The van der Waals surface area contributed by atoms with E-state index in [9.17, 15) is 19.2 Å². The first-order valence-electron chi connectivity index (χ1n) is 7.27. The molecule has 2 N–H and O–H groups in total. The molecule has 0 aromatic heterocycles. The highest BCUT2D eigenvalue weighted by atomic mass is 16.5. The van der Waals surface area contributed by atoms with Crippen molar-refractivity contribution in [3.63, 3.8) is 0 Å². The highest BCUT2D eigenvalue weighted by Gasteiger charge is 2.37. The Morgan fingerprint density at radius 1 is 1.20 bits per heavy atom. The van der Waals surface area contributed by atoms with Gasteiger partial charge in [-0.15, -0.1) is 0 Å². The van der Waals surface area contributed by atoms with Crippen LogP contribution in [-0.4, -0.2) is 44.1 Å². The van der Waals surface area contributed by atoms with Crippen LogP contribution in [0, 0.1) is 0 Å². The summed E-state index contributed by atoms with van der Waals surface area (Å²) in [6.45, 7) is 1.56. The molecular weight excluding hydrogens is 330 g/mol. The van der Waals surface area contributed by atoms with Crippen LogP contribution in [-0.2, 0) is 23.9 Å². The lowest BCUT2D eigenvalue weighted by Crippen LogP contribution is -2.31. The third-order valence-electron chi connectivity index (χ3n) is 3.42. The van der Waals surface area contributed by atoms with E-state index in [1.165, 1.54) is 6.07 Å². The molecule has 2 rings (SSSR count). The molecule has 1 aliphatic rings. The number of imide groups is 1. The zero-order valence-corrected chi connectivity index (χ0v) is 13.9. The summed E-state index contributed by atoms with van der Waals surface area (Å²) >= 11 is 0. The van der Waals surface area contributed by atoms with Crippen LogP contribution in [0.1, 0.15) is 6.92 Å². The fourth-order valence-electron chi connectivity index (χ4n) is 2.19. The van der Waals surface area contributed by atoms with Crippen molar-refractivity contribution in [1.29, 1.82) is 0 Å². The van der Waals surface area contributed by atoms with Gasteiger partial charge in [-0.3, -0.25) is 4.79 Å². The molecule has 9 heteroatoms. The molecule has 1 aliphatic heterocycles. The van der Waals surface area contributed by atoms with Crippen molar-refractivity contribution in [3.05, 3.63) is 36.0 Å². The van der Waals surface area contributed by atoms with E-state index in [-0.39, 0.29) is 17.1 Å². The fourth-order valence-corrected chi connectivity index (χ4v) is 2.19. The summed E-state index contributed by atoms with van der Waals surface area (Å²) in [7, 11) is 2.32. The minimum Gasteiger partial charge on any atom is -0.466 e. The SMILES string of the molecule is COC(=O)/C=C(/Nc1ccccc1N1C(=O)NC(C)C1=O)C(=O)OC. The molecule has 1 fully saturated rings. The molecule has 25 heavy (non-hydrogen) atoms. The Balaban J connectivity index is 2.41. The maximum Gasteiger partial charge on any atom is 0.354 e. The van der Waals surface area contributed by atoms with Crippen molar-refractivity contribution < 1.29 is 28.7 Å².